The van der Waals surface area contributed by atoms with Crippen molar-refractivity contribution in [3.63, 3.8) is 0 Å². The van der Waals surface area contributed by atoms with Crippen LogP contribution >= 0.6 is 0 Å². The Kier molecular flexibility index (Phi) is 5.58. The molecule has 1 N–H and O–H groups in total. The number of sulfonamides is 1. The fourth-order valence-electron chi connectivity index (χ4n) is 1.31. The normalized spacial score (nSPS) is 11.8. The summed E-state index contributed by atoms with van der Waals surface area (Å²) in [5, 5.41) is 0. The fraction of sp³-hybridized carbons (Fsp3) is 0.500. The Bertz CT molecular complexity index is 453. The minimum Gasteiger partial charge on any atom is -0.497 e. The molecule has 0 fully saturated rings. The van der Waals surface area contributed by atoms with Gasteiger partial charge in [0, 0.05) is 6.54 Å². The zero-order valence-corrected chi connectivity index (χ0v) is 11.7. The van der Waals surface area contributed by atoms with Gasteiger partial charge in [0.15, 0.2) is 0 Å². The van der Waals surface area contributed by atoms with E-state index >= 15 is 0 Å². The standard InChI is InChI=1S/C12H19NO4S/c1-10(2)17-9-8-13-18(14,15)12-6-4-11(16-3)5-7-12/h4-7,10,13H,8-9H2,1-3H3. The largest absolute Gasteiger partial charge is 0.497 e. The highest BCUT2D eigenvalue weighted by molar-refractivity contribution is 7.89. The Morgan fingerprint density at radius 3 is 2.33 bits per heavy atom. The Hall–Kier alpha value is -1.11. The summed E-state index contributed by atoms with van der Waals surface area (Å²) in [6.45, 7) is 4.41. The average molecular weight is 273 g/mol. The first-order valence-electron chi connectivity index (χ1n) is 5.71. The van der Waals surface area contributed by atoms with Gasteiger partial charge in [0.1, 0.15) is 5.75 Å². The van der Waals surface area contributed by atoms with E-state index in [0.717, 1.165) is 0 Å². The summed E-state index contributed by atoms with van der Waals surface area (Å²) in [6, 6.07) is 6.23. The van der Waals surface area contributed by atoms with Crippen LogP contribution in [0.2, 0.25) is 0 Å². The molecular weight excluding hydrogens is 254 g/mol. The number of hydrogen-bond acceptors (Lipinski definition) is 4. The highest BCUT2D eigenvalue weighted by atomic mass is 32.2. The molecule has 102 valence electrons. The van der Waals surface area contributed by atoms with Crippen molar-refractivity contribution in [3.8, 4) is 5.75 Å². The molecule has 0 bridgehead atoms. The maximum Gasteiger partial charge on any atom is 0.240 e. The maximum absolute atomic E-state index is 11.9. The van der Waals surface area contributed by atoms with Crippen LogP contribution in [0.4, 0.5) is 0 Å². The van der Waals surface area contributed by atoms with Gasteiger partial charge in [-0.1, -0.05) is 0 Å². The summed E-state index contributed by atoms with van der Waals surface area (Å²) in [7, 11) is -1.94. The number of hydrogen-bond donors (Lipinski definition) is 1. The Morgan fingerprint density at radius 1 is 1.22 bits per heavy atom. The van der Waals surface area contributed by atoms with Crippen LogP contribution in [0.15, 0.2) is 29.2 Å². The van der Waals surface area contributed by atoms with E-state index in [-0.39, 0.29) is 17.5 Å². The van der Waals surface area contributed by atoms with Gasteiger partial charge in [0.2, 0.25) is 10.0 Å². The van der Waals surface area contributed by atoms with Crippen molar-refractivity contribution in [2.75, 3.05) is 20.3 Å². The van der Waals surface area contributed by atoms with Crippen molar-refractivity contribution >= 4 is 10.0 Å². The number of benzene rings is 1. The predicted octanol–water partition coefficient (Wildman–Crippen LogP) is 1.40. The van der Waals surface area contributed by atoms with E-state index in [1.165, 1.54) is 19.2 Å². The number of nitrogens with one attached hydrogen (secondary N) is 1. The zero-order chi connectivity index (χ0) is 13.6. The molecule has 0 heterocycles. The molecule has 1 rings (SSSR count). The first-order valence-corrected chi connectivity index (χ1v) is 7.19. The van der Waals surface area contributed by atoms with E-state index in [1.807, 2.05) is 13.8 Å². The first-order chi connectivity index (χ1) is 8.45. The average Bonchev–Trinajstić information content (AvgIpc) is 2.34. The van der Waals surface area contributed by atoms with Crippen LogP contribution in [0.1, 0.15) is 13.8 Å². The van der Waals surface area contributed by atoms with Gasteiger partial charge < -0.3 is 9.47 Å². The molecule has 0 atom stereocenters. The van der Waals surface area contributed by atoms with Crippen LogP contribution in [0.25, 0.3) is 0 Å². The maximum atomic E-state index is 11.9. The van der Waals surface area contributed by atoms with Gasteiger partial charge in [0.25, 0.3) is 0 Å². The number of methoxy groups -OCH3 is 1. The highest BCUT2D eigenvalue weighted by Gasteiger charge is 2.13. The lowest BCUT2D eigenvalue weighted by atomic mass is 10.3. The quantitative estimate of drug-likeness (QED) is 0.763. The van der Waals surface area contributed by atoms with Gasteiger partial charge in [-0.3, -0.25) is 0 Å². The third kappa shape index (κ3) is 4.64. The summed E-state index contributed by atoms with van der Waals surface area (Å²) in [6.07, 6.45) is 0.0930. The van der Waals surface area contributed by atoms with Gasteiger partial charge >= 0.3 is 0 Å². The second-order valence-corrected chi connectivity index (χ2v) is 5.76. The monoisotopic (exact) mass is 273 g/mol. The number of rotatable bonds is 7. The molecule has 0 spiro atoms. The molecule has 6 heteroatoms. The molecule has 0 aliphatic carbocycles. The lowest BCUT2D eigenvalue weighted by Crippen LogP contribution is -2.28. The highest BCUT2D eigenvalue weighted by Crippen LogP contribution is 2.14. The summed E-state index contributed by atoms with van der Waals surface area (Å²) >= 11 is 0. The lowest BCUT2D eigenvalue weighted by molar-refractivity contribution is 0.0834. The molecule has 18 heavy (non-hydrogen) atoms. The second-order valence-electron chi connectivity index (χ2n) is 3.99. The number of ether oxygens (including phenoxy) is 2. The first kappa shape index (κ1) is 14.9. The van der Waals surface area contributed by atoms with Crippen LogP contribution in [0.5, 0.6) is 5.75 Å². The van der Waals surface area contributed by atoms with Crippen LogP contribution in [0.3, 0.4) is 0 Å². The second kappa shape index (κ2) is 6.72. The van der Waals surface area contributed by atoms with E-state index in [1.54, 1.807) is 12.1 Å². The summed E-state index contributed by atoms with van der Waals surface area (Å²) in [5.74, 6) is 0.622. The summed E-state index contributed by atoms with van der Waals surface area (Å²) in [4.78, 5) is 0.216. The zero-order valence-electron chi connectivity index (χ0n) is 10.8. The molecule has 0 aromatic heterocycles. The van der Waals surface area contributed by atoms with Crippen LogP contribution < -0.4 is 9.46 Å². The minimum atomic E-state index is -3.47. The molecule has 0 saturated carbocycles. The van der Waals surface area contributed by atoms with E-state index < -0.39 is 10.0 Å². The molecule has 5 nitrogen and oxygen atoms in total. The van der Waals surface area contributed by atoms with E-state index in [0.29, 0.717) is 12.4 Å². The van der Waals surface area contributed by atoms with Crippen molar-refractivity contribution in [1.82, 2.24) is 4.72 Å². The predicted molar refractivity (Wildman–Crippen MR) is 69.3 cm³/mol. The lowest BCUT2D eigenvalue weighted by Gasteiger charge is -2.09. The Morgan fingerprint density at radius 2 is 1.83 bits per heavy atom. The topological polar surface area (TPSA) is 64.6 Å². The molecular formula is C12H19NO4S. The summed E-state index contributed by atoms with van der Waals surface area (Å²) < 4.78 is 36.4. The van der Waals surface area contributed by atoms with Crippen molar-refractivity contribution in [2.24, 2.45) is 0 Å². The van der Waals surface area contributed by atoms with Gasteiger partial charge in [-0.25, -0.2) is 13.1 Å². The van der Waals surface area contributed by atoms with Gasteiger partial charge in [-0.05, 0) is 38.1 Å². The van der Waals surface area contributed by atoms with E-state index in [9.17, 15) is 8.42 Å². The van der Waals surface area contributed by atoms with Crippen LogP contribution in [-0.2, 0) is 14.8 Å². The summed E-state index contributed by atoms with van der Waals surface area (Å²) in [5.41, 5.74) is 0. The third-order valence-corrected chi connectivity index (χ3v) is 3.69. The van der Waals surface area contributed by atoms with Gasteiger partial charge in [0.05, 0.1) is 24.7 Å². The van der Waals surface area contributed by atoms with E-state index in [4.69, 9.17) is 9.47 Å². The minimum absolute atomic E-state index is 0.0930. The van der Waals surface area contributed by atoms with Crippen molar-refractivity contribution in [3.05, 3.63) is 24.3 Å². The fourth-order valence-corrected chi connectivity index (χ4v) is 2.32. The molecule has 1 aromatic carbocycles. The smallest absolute Gasteiger partial charge is 0.240 e. The van der Waals surface area contributed by atoms with Gasteiger partial charge in [-0.2, -0.15) is 0 Å². The molecule has 0 aliphatic rings. The molecule has 1 aromatic rings. The van der Waals surface area contributed by atoms with E-state index in [2.05, 4.69) is 4.72 Å². The van der Waals surface area contributed by atoms with Crippen LogP contribution in [0, 0.1) is 0 Å². The SMILES string of the molecule is COc1ccc(S(=O)(=O)NCCOC(C)C)cc1. The molecule has 0 unspecified atom stereocenters. The van der Waals surface area contributed by atoms with Crippen LogP contribution in [-0.4, -0.2) is 34.8 Å². The van der Waals surface area contributed by atoms with Crippen molar-refractivity contribution < 1.29 is 17.9 Å². The molecule has 0 aliphatic heterocycles. The molecule has 0 radical (unpaired) electrons. The van der Waals surface area contributed by atoms with Crippen molar-refractivity contribution in [2.45, 2.75) is 24.8 Å². The molecule has 0 amide bonds. The molecule has 0 saturated heterocycles. The van der Waals surface area contributed by atoms with Crippen molar-refractivity contribution in [1.29, 1.82) is 0 Å². The Labute approximate surface area is 108 Å². The third-order valence-electron chi connectivity index (χ3n) is 2.22. The van der Waals surface area contributed by atoms with Gasteiger partial charge in [-0.15, -0.1) is 0 Å². The Balaban J connectivity index is 2.57.